The molecule has 0 aliphatic rings. The lowest BCUT2D eigenvalue weighted by atomic mass is 10.3. The van der Waals surface area contributed by atoms with Crippen molar-refractivity contribution in [2.24, 2.45) is 0 Å². The molecule has 1 atom stereocenters. The van der Waals surface area contributed by atoms with Crippen molar-refractivity contribution in [2.75, 3.05) is 7.05 Å². The Morgan fingerprint density at radius 3 is 2.43 bits per heavy atom. The van der Waals surface area contributed by atoms with Crippen LogP contribution in [0.2, 0.25) is 0 Å². The van der Waals surface area contributed by atoms with Crippen LogP contribution in [-0.4, -0.2) is 19.4 Å². The zero-order valence-electron chi connectivity index (χ0n) is 4.69. The third kappa shape index (κ3) is 2.34. The van der Waals surface area contributed by atoms with Gasteiger partial charge in [0.1, 0.15) is 0 Å². The van der Waals surface area contributed by atoms with E-state index in [-0.39, 0.29) is 6.04 Å². The van der Waals surface area contributed by atoms with Crippen LogP contribution in [-0.2, 0) is 4.79 Å². The summed E-state index contributed by atoms with van der Waals surface area (Å²) in [6.45, 7) is 1.94. The summed E-state index contributed by atoms with van der Waals surface area (Å²) in [5, 5.41) is 2.78. The predicted octanol–water partition coefficient (Wildman–Crippen LogP) is 0.0941. The molecule has 0 aliphatic heterocycles. The quantitative estimate of drug-likeness (QED) is 0.544. The van der Waals surface area contributed by atoms with Gasteiger partial charge in [0.25, 0.3) is 0 Å². The summed E-state index contributed by atoms with van der Waals surface area (Å²) in [6, 6.07) is -0.0694. The Bertz CT molecular complexity index is 50.0. The number of hydrogen-bond donors (Lipinski definition) is 1. The van der Waals surface area contributed by atoms with Crippen LogP contribution in [0.1, 0.15) is 13.3 Å². The Labute approximate surface area is 43.9 Å². The highest BCUT2D eigenvalue weighted by atomic mass is 16.1. The molecule has 0 saturated carbocycles. The molecule has 0 amide bonds. The first-order valence-electron chi connectivity index (χ1n) is 2.40. The molecule has 1 N–H and O–H groups in total. The van der Waals surface area contributed by atoms with E-state index in [1.807, 2.05) is 13.2 Å². The minimum absolute atomic E-state index is 0.0694. The minimum Gasteiger partial charge on any atom is -0.310 e. The number of carbonyl (C=O) groups excluding carboxylic acids is 1. The SMILES string of the molecule is CC[C@@H]([C]=O)NC. The molecule has 7 heavy (non-hydrogen) atoms. The molecular formula is C5H10NO. The van der Waals surface area contributed by atoms with Crippen LogP contribution in [0.25, 0.3) is 0 Å². The van der Waals surface area contributed by atoms with Gasteiger partial charge in [0.2, 0.25) is 6.29 Å². The molecule has 0 unspecified atom stereocenters. The van der Waals surface area contributed by atoms with Crippen molar-refractivity contribution in [1.29, 1.82) is 0 Å². The van der Waals surface area contributed by atoms with Crippen LogP contribution in [0.15, 0.2) is 0 Å². The second-order valence-corrected chi connectivity index (χ2v) is 1.37. The van der Waals surface area contributed by atoms with Gasteiger partial charge in [0.15, 0.2) is 0 Å². The van der Waals surface area contributed by atoms with E-state index in [1.54, 1.807) is 7.05 Å². The van der Waals surface area contributed by atoms with Crippen molar-refractivity contribution in [1.82, 2.24) is 5.32 Å². The highest BCUT2D eigenvalue weighted by molar-refractivity contribution is 5.58. The van der Waals surface area contributed by atoms with E-state index in [0.29, 0.717) is 0 Å². The van der Waals surface area contributed by atoms with Gasteiger partial charge in [0, 0.05) is 0 Å². The number of hydrogen-bond acceptors (Lipinski definition) is 2. The highest BCUT2D eigenvalue weighted by Gasteiger charge is 1.96. The number of likely N-dealkylation sites (N-methyl/N-ethyl adjacent to an activating group) is 1. The van der Waals surface area contributed by atoms with Crippen LogP contribution in [0, 0.1) is 0 Å². The maximum atomic E-state index is 9.78. The maximum absolute atomic E-state index is 9.78. The zero-order valence-corrected chi connectivity index (χ0v) is 4.69. The first kappa shape index (κ1) is 6.63. The van der Waals surface area contributed by atoms with Crippen molar-refractivity contribution in [3.63, 3.8) is 0 Å². The molecule has 0 heterocycles. The first-order chi connectivity index (χ1) is 3.35. The molecule has 1 radical (unpaired) electrons. The third-order valence-electron chi connectivity index (χ3n) is 0.899. The molecule has 0 fully saturated rings. The summed E-state index contributed by atoms with van der Waals surface area (Å²) in [6.07, 6.45) is 2.66. The number of rotatable bonds is 3. The summed E-state index contributed by atoms with van der Waals surface area (Å²) >= 11 is 0. The van der Waals surface area contributed by atoms with E-state index < -0.39 is 0 Å². The Morgan fingerprint density at radius 2 is 2.43 bits per heavy atom. The summed E-state index contributed by atoms with van der Waals surface area (Å²) in [5.41, 5.74) is 0. The van der Waals surface area contributed by atoms with Crippen molar-refractivity contribution in [3.05, 3.63) is 0 Å². The fraction of sp³-hybridized carbons (Fsp3) is 0.800. The van der Waals surface area contributed by atoms with Gasteiger partial charge in [-0.3, -0.25) is 4.79 Å². The van der Waals surface area contributed by atoms with Gasteiger partial charge in [-0.15, -0.1) is 0 Å². The topological polar surface area (TPSA) is 29.1 Å². The molecule has 0 aromatic rings. The first-order valence-corrected chi connectivity index (χ1v) is 2.40. The molecule has 0 aromatic carbocycles. The van der Waals surface area contributed by atoms with Gasteiger partial charge in [-0.2, -0.15) is 0 Å². The van der Waals surface area contributed by atoms with Crippen LogP contribution in [0.4, 0.5) is 0 Å². The van der Waals surface area contributed by atoms with E-state index in [9.17, 15) is 4.79 Å². The van der Waals surface area contributed by atoms with E-state index >= 15 is 0 Å². The average molecular weight is 100 g/mol. The van der Waals surface area contributed by atoms with Crippen LogP contribution >= 0.6 is 0 Å². The van der Waals surface area contributed by atoms with Gasteiger partial charge < -0.3 is 5.32 Å². The monoisotopic (exact) mass is 100 g/mol. The molecule has 0 aliphatic carbocycles. The largest absolute Gasteiger partial charge is 0.310 e. The van der Waals surface area contributed by atoms with E-state index in [4.69, 9.17) is 0 Å². The lowest BCUT2D eigenvalue weighted by Crippen LogP contribution is -2.24. The van der Waals surface area contributed by atoms with Crippen LogP contribution < -0.4 is 5.32 Å². The Hall–Kier alpha value is -0.370. The Balaban J connectivity index is 3.16. The molecule has 2 nitrogen and oxygen atoms in total. The molecule has 2 heteroatoms. The summed E-state index contributed by atoms with van der Waals surface area (Å²) in [7, 11) is 1.75. The lowest BCUT2D eigenvalue weighted by molar-refractivity contribution is 0.523. The fourth-order valence-corrected chi connectivity index (χ4v) is 0.346. The molecule has 0 bridgehead atoms. The zero-order chi connectivity index (χ0) is 5.70. The van der Waals surface area contributed by atoms with Crippen molar-refractivity contribution in [3.8, 4) is 0 Å². The molecular weight excluding hydrogens is 90.1 g/mol. The fourth-order valence-electron chi connectivity index (χ4n) is 0.346. The number of nitrogens with one attached hydrogen (secondary N) is 1. The van der Waals surface area contributed by atoms with E-state index in [2.05, 4.69) is 5.32 Å². The van der Waals surface area contributed by atoms with Gasteiger partial charge in [-0.05, 0) is 13.5 Å². The smallest absolute Gasteiger partial charge is 0.216 e. The van der Waals surface area contributed by atoms with E-state index in [0.717, 1.165) is 6.42 Å². The Morgan fingerprint density at radius 1 is 1.86 bits per heavy atom. The van der Waals surface area contributed by atoms with Crippen LogP contribution in [0.3, 0.4) is 0 Å². The van der Waals surface area contributed by atoms with Gasteiger partial charge in [-0.1, -0.05) is 6.92 Å². The van der Waals surface area contributed by atoms with Gasteiger partial charge in [0.05, 0.1) is 6.04 Å². The average Bonchev–Trinajstić information content (AvgIpc) is 1.72. The molecule has 0 aromatic heterocycles. The Kier molecular flexibility index (Phi) is 3.61. The standard InChI is InChI=1S/C5H10NO/c1-3-5(4-7)6-2/h5-6H,3H2,1-2H3/t5-/m0/s1. The second kappa shape index (κ2) is 3.81. The lowest BCUT2D eigenvalue weighted by Gasteiger charge is -1.99. The third-order valence-corrected chi connectivity index (χ3v) is 0.899. The predicted molar refractivity (Wildman–Crippen MR) is 28.8 cm³/mol. The summed E-state index contributed by atoms with van der Waals surface area (Å²) < 4.78 is 0. The van der Waals surface area contributed by atoms with E-state index in [1.165, 1.54) is 0 Å². The normalized spacial score (nSPS) is 13.4. The molecule has 41 valence electrons. The molecule has 0 spiro atoms. The molecule has 0 rings (SSSR count). The van der Waals surface area contributed by atoms with Gasteiger partial charge >= 0.3 is 0 Å². The molecule has 0 saturated heterocycles. The minimum atomic E-state index is -0.0694. The summed E-state index contributed by atoms with van der Waals surface area (Å²) in [5.74, 6) is 0. The highest BCUT2D eigenvalue weighted by Crippen LogP contribution is 1.80. The van der Waals surface area contributed by atoms with Crippen molar-refractivity contribution < 1.29 is 4.79 Å². The van der Waals surface area contributed by atoms with Crippen molar-refractivity contribution in [2.45, 2.75) is 19.4 Å². The van der Waals surface area contributed by atoms with Crippen LogP contribution in [0.5, 0.6) is 0 Å². The summed E-state index contributed by atoms with van der Waals surface area (Å²) in [4.78, 5) is 9.78. The maximum Gasteiger partial charge on any atom is 0.216 e. The second-order valence-electron chi connectivity index (χ2n) is 1.37. The van der Waals surface area contributed by atoms with Gasteiger partial charge in [-0.25, -0.2) is 0 Å². The van der Waals surface area contributed by atoms with Crippen molar-refractivity contribution >= 4 is 6.29 Å².